The number of anilines is 1. The summed E-state index contributed by atoms with van der Waals surface area (Å²) in [6.07, 6.45) is 2.30. The highest BCUT2D eigenvalue weighted by molar-refractivity contribution is 7.89. The molecule has 0 saturated heterocycles. The minimum atomic E-state index is -3.37. The molecule has 1 aliphatic carbocycles. The van der Waals surface area contributed by atoms with Crippen LogP contribution in [-0.4, -0.2) is 33.4 Å². The van der Waals surface area contributed by atoms with Crippen LogP contribution in [0, 0.1) is 19.8 Å². The molecule has 1 saturated carbocycles. The monoisotopic (exact) mass is 282 g/mol. The van der Waals surface area contributed by atoms with E-state index in [0.717, 1.165) is 29.7 Å². The number of benzene rings is 1. The highest BCUT2D eigenvalue weighted by atomic mass is 32.2. The molecule has 0 spiro atoms. The molecule has 106 valence electrons. The van der Waals surface area contributed by atoms with Crippen LogP contribution in [0.3, 0.4) is 0 Å². The fourth-order valence-corrected chi connectivity index (χ4v) is 4.07. The third-order valence-electron chi connectivity index (χ3n) is 3.63. The van der Waals surface area contributed by atoms with E-state index < -0.39 is 10.0 Å². The van der Waals surface area contributed by atoms with E-state index in [-0.39, 0.29) is 0 Å². The van der Waals surface area contributed by atoms with Crippen LogP contribution in [-0.2, 0) is 10.0 Å². The lowest BCUT2D eigenvalue weighted by Crippen LogP contribution is -2.30. The number of nitrogens with zero attached hydrogens (tertiary/aromatic N) is 1. The van der Waals surface area contributed by atoms with Crippen LogP contribution in [0.5, 0.6) is 0 Å². The van der Waals surface area contributed by atoms with Gasteiger partial charge in [0.25, 0.3) is 0 Å². The smallest absolute Gasteiger partial charge is 0.243 e. The van der Waals surface area contributed by atoms with Gasteiger partial charge in [-0.05, 0) is 55.9 Å². The van der Waals surface area contributed by atoms with E-state index in [1.165, 1.54) is 4.31 Å². The number of hydrogen-bond acceptors (Lipinski definition) is 3. The summed E-state index contributed by atoms with van der Waals surface area (Å²) in [6, 6.07) is 3.76. The Morgan fingerprint density at radius 3 is 2.21 bits per heavy atom. The summed E-state index contributed by atoms with van der Waals surface area (Å²) in [5.74, 6) is 0.553. The maximum Gasteiger partial charge on any atom is 0.243 e. The lowest BCUT2D eigenvalue weighted by atomic mass is 10.1. The summed E-state index contributed by atoms with van der Waals surface area (Å²) in [5.41, 5.74) is 2.54. The number of nitrogens with one attached hydrogen (secondary N) is 1. The molecular weight excluding hydrogens is 260 g/mol. The van der Waals surface area contributed by atoms with Crippen LogP contribution < -0.4 is 5.32 Å². The van der Waals surface area contributed by atoms with Gasteiger partial charge in [0.05, 0.1) is 4.90 Å². The lowest BCUT2D eigenvalue weighted by molar-refractivity contribution is 0.452. The van der Waals surface area contributed by atoms with Crippen LogP contribution in [0.25, 0.3) is 0 Å². The SMILES string of the molecule is CNc1cc(C)c(S(=O)(=O)N(C)CC2CC2)c(C)c1. The first-order chi connectivity index (χ1) is 8.86. The molecule has 0 heterocycles. The van der Waals surface area contributed by atoms with E-state index in [1.807, 2.05) is 33.0 Å². The molecule has 1 aromatic carbocycles. The first-order valence-corrected chi connectivity index (χ1v) is 8.05. The average Bonchev–Trinajstić information content (AvgIpc) is 3.11. The minimum Gasteiger partial charge on any atom is -0.388 e. The van der Waals surface area contributed by atoms with Crippen LogP contribution >= 0.6 is 0 Å². The molecule has 0 aromatic heterocycles. The number of rotatable bonds is 5. The first kappa shape index (κ1) is 14.3. The van der Waals surface area contributed by atoms with Crippen molar-refractivity contribution in [3.8, 4) is 0 Å². The molecule has 1 N–H and O–H groups in total. The second kappa shape index (κ2) is 5.13. The zero-order valence-corrected chi connectivity index (χ0v) is 12.8. The van der Waals surface area contributed by atoms with Crippen LogP contribution in [0.1, 0.15) is 24.0 Å². The summed E-state index contributed by atoms with van der Waals surface area (Å²) >= 11 is 0. The van der Waals surface area contributed by atoms with Gasteiger partial charge in [0.15, 0.2) is 0 Å². The second-order valence-electron chi connectivity index (χ2n) is 5.42. The molecule has 0 radical (unpaired) electrons. The summed E-state index contributed by atoms with van der Waals surface area (Å²) in [6.45, 7) is 4.34. The highest BCUT2D eigenvalue weighted by Crippen LogP contribution is 2.32. The Morgan fingerprint density at radius 2 is 1.79 bits per heavy atom. The molecule has 1 aromatic rings. The van der Waals surface area contributed by atoms with Crippen molar-refractivity contribution in [1.29, 1.82) is 0 Å². The van der Waals surface area contributed by atoms with Gasteiger partial charge in [0.1, 0.15) is 0 Å². The maximum absolute atomic E-state index is 12.6. The molecule has 4 nitrogen and oxygen atoms in total. The van der Waals surface area contributed by atoms with Gasteiger partial charge in [-0.25, -0.2) is 12.7 Å². The molecular formula is C14H22N2O2S. The van der Waals surface area contributed by atoms with E-state index in [2.05, 4.69) is 5.32 Å². The van der Waals surface area contributed by atoms with Crippen molar-refractivity contribution in [3.63, 3.8) is 0 Å². The Labute approximate surface area is 115 Å². The molecule has 1 aliphatic rings. The topological polar surface area (TPSA) is 49.4 Å². The van der Waals surface area contributed by atoms with Gasteiger partial charge >= 0.3 is 0 Å². The van der Waals surface area contributed by atoms with Gasteiger partial charge in [0, 0.05) is 26.3 Å². The fourth-order valence-electron chi connectivity index (χ4n) is 2.42. The van der Waals surface area contributed by atoms with Crippen molar-refractivity contribution in [2.45, 2.75) is 31.6 Å². The number of aryl methyl sites for hydroxylation is 2. The standard InChI is InChI=1S/C14H22N2O2S/c1-10-7-13(15-3)8-11(2)14(10)19(17,18)16(4)9-12-5-6-12/h7-8,12,15H,5-6,9H2,1-4H3. The predicted octanol–water partition coefficient (Wildman–Crippen LogP) is 2.38. The van der Waals surface area contributed by atoms with Crippen molar-refractivity contribution in [3.05, 3.63) is 23.3 Å². The number of hydrogen-bond donors (Lipinski definition) is 1. The van der Waals surface area contributed by atoms with Crippen molar-refractivity contribution in [2.24, 2.45) is 5.92 Å². The van der Waals surface area contributed by atoms with Gasteiger partial charge in [0.2, 0.25) is 10.0 Å². The zero-order valence-electron chi connectivity index (χ0n) is 12.0. The third kappa shape index (κ3) is 2.92. The zero-order chi connectivity index (χ0) is 14.2. The molecule has 0 atom stereocenters. The largest absolute Gasteiger partial charge is 0.388 e. The van der Waals surface area contributed by atoms with E-state index >= 15 is 0 Å². The Kier molecular flexibility index (Phi) is 3.87. The van der Waals surface area contributed by atoms with Crippen molar-refractivity contribution in [2.75, 3.05) is 26.0 Å². The maximum atomic E-state index is 12.6. The van der Waals surface area contributed by atoms with E-state index in [4.69, 9.17) is 0 Å². The third-order valence-corrected chi connectivity index (χ3v) is 5.76. The molecule has 1 fully saturated rings. The van der Waals surface area contributed by atoms with Gasteiger partial charge < -0.3 is 5.32 Å². The highest BCUT2D eigenvalue weighted by Gasteiger charge is 2.30. The quantitative estimate of drug-likeness (QED) is 0.902. The molecule has 19 heavy (non-hydrogen) atoms. The summed E-state index contributed by atoms with van der Waals surface area (Å²) < 4.78 is 26.8. The van der Waals surface area contributed by atoms with Gasteiger partial charge in [-0.3, -0.25) is 0 Å². The van der Waals surface area contributed by atoms with Crippen LogP contribution in [0.4, 0.5) is 5.69 Å². The van der Waals surface area contributed by atoms with Crippen molar-refractivity contribution in [1.82, 2.24) is 4.31 Å². The normalized spacial score (nSPS) is 15.8. The molecule has 0 aliphatic heterocycles. The predicted molar refractivity (Wildman–Crippen MR) is 78.0 cm³/mol. The van der Waals surface area contributed by atoms with Gasteiger partial charge in [-0.15, -0.1) is 0 Å². The molecule has 5 heteroatoms. The Morgan fingerprint density at radius 1 is 1.26 bits per heavy atom. The molecule has 0 amide bonds. The second-order valence-corrected chi connectivity index (χ2v) is 7.40. The lowest BCUT2D eigenvalue weighted by Gasteiger charge is -2.20. The summed E-state index contributed by atoms with van der Waals surface area (Å²) in [5, 5.41) is 3.05. The minimum absolute atomic E-state index is 0.453. The van der Waals surface area contributed by atoms with Crippen molar-refractivity contribution >= 4 is 15.7 Å². The first-order valence-electron chi connectivity index (χ1n) is 6.61. The Balaban J connectivity index is 2.39. The van der Waals surface area contributed by atoms with Crippen LogP contribution in [0.15, 0.2) is 17.0 Å². The number of sulfonamides is 1. The van der Waals surface area contributed by atoms with Crippen LogP contribution in [0.2, 0.25) is 0 Å². The van der Waals surface area contributed by atoms with Gasteiger partial charge in [-0.2, -0.15) is 0 Å². The molecule has 0 bridgehead atoms. The summed E-state index contributed by atoms with van der Waals surface area (Å²) in [4.78, 5) is 0.453. The van der Waals surface area contributed by atoms with E-state index in [0.29, 0.717) is 17.4 Å². The fraction of sp³-hybridized carbons (Fsp3) is 0.571. The molecule has 0 unspecified atom stereocenters. The average molecular weight is 282 g/mol. The molecule has 2 rings (SSSR count). The Hall–Kier alpha value is -1.07. The van der Waals surface area contributed by atoms with E-state index in [1.54, 1.807) is 7.05 Å². The van der Waals surface area contributed by atoms with Crippen molar-refractivity contribution < 1.29 is 8.42 Å². The summed E-state index contributed by atoms with van der Waals surface area (Å²) in [7, 11) is 0.139. The van der Waals surface area contributed by atoms with E-state index in [9.17, 15) is 8.42 Å². The Bertz CT molecular complexity index is 554. The van der Waals surface area contributed by atoms with Gasteiger partial charge in [-0.1, -0.05) is 0 Å².